The minimum Gasteiger partial charge on any atom is -0.333 e. The van der Waals surface area contributed by atoms with Gasteiger partial charge in [0.05, 0.1) is 13.1 Å². The van der Waals surface area contributed by atoms with Crippen molar-refractivity contribution in [2.45, 2.75) is 32.2 Å². The molecule has 0 spiro atoms. The molecule has 2 amide bonds. The lowest BCUT2D eigenvalue weighted by Crippen LogP contribution is -2.40. The maximum atomic E-state index is 12.1. The van der Waals surface area contributed by atoms with E-state index in [1.54, 1.807) is 11.3 Å². The molecule has 0 bridgehead atoms. The zero-order valence-electron chi connectivity index (χ0n) is 11.7. The zero-order chi connectivity index (χ0) is 14.2. The lowest BCUT2D eigenvalue weighted by atomic mass is 10.2. The largest absolute Gasteiger partial charge is 0.333 e. The monoisotopic (exact) mass is 291 g/mol. The van der Waals surface area contributed by atoms with Crippen LogP contribution in [0.4, 0.5) is 4.79 Å². The van der Waals surface area contributed by atoms with Crippen LogP contribution >= 0.6 is 11.3 Å². The van der Waals surface area contributed by atoms with Crippen molar-refractivity contribution in [3.8, 4) is 11.8 Å². The Bertz CT molecular complexity index is 493. The number of nitrogens with one attached hydrogen (secondary N) is 1. The molecular formula is C15H21N3OS. The van der Waals surface area contributed by atoms with Gasteiger partial charge in [-0.2, -0.15) is 0 Å². The van der Waals surface area contributed by atoms with Crippen LogP contribution in [0.3, 0.4) is 0 Å². The van der Waals surface area contributed by atoms with Crippen LogP contribution in [0.5, 0.6) is 0 Å². The third kappa shape index (κ3) is 4.26. The lowest BCUT2D eigenvalue weighted by Gasteiger charge is -2.20. The molecule has 1 aliphatic rings. The number of nitrogens with zero attached hydrogens (tertiary/aromatic N) is 1. The predicted molar refractivity (Wildman–Crippen MR) is 82.5 cm³/mol. The summed E-state index contributed by atoms with van der Waals surface area (Å²) in [6.07, 6.45) is 4.68. The molecular weight excluding hydrogens is 270 g/mol. The number of thiophene rings is 1. The SMILES string of the molecule is NCC#Cc1ccsc1CNC(=O)N1CCCCCC1. The maximum absolute atomic E-state index is 12.1. The first-order valence-electron chi connectivity index (χ1n) is 7.09. The van der Waals surface area contributed by atoms with E-state index in [4.69, 9.17) is 5.73 Å². The molecule has 0 unspecified atom stereocenters. The van der Waals surface area contributed by atoms with Crippen LogP contribution in [-0.4, -0.2) is 30.6 Å². The molecule has 108 valence electrons. The van der Waals surface area contributed by atoms with Crippen molar-refractivity contribution in [1.29, 1.82) is 0 Å². The number of hydrogen-bond donors (Lipinski definition) is 2. The van der Waals surface area contributed by atoms with E-state index in [0.717, 1.165) is 36.4 Å². The molecule has 0 aliphatic carbocycles. The number of carbonyl (C=O) groups is 1. The fourth-order valence-corrected chi connectivity index (χ4v) is 3.05. The normalized spacial score (nSPS) is 15.2. The number of urea groups is 1. The van der Waals surface area contributed by atoms with Gasteiger partial charge < -0.3 is 16.0 Å². The Morgan fingerprint density at radius 1 is 1.35 bits per heavy atom. The molecule has 1 aromatic heterocycles. The van der Waals surface area contributed by atoms with Crippen LogP contribution in [0.25, 0.3) is 0 Å². The van der Waals surface area contributed by atoms with Gasteiger partial charge in [0.15, 0.2) is 0 Å². The Kier molecular flexibility index (Phi) is 5.90. The molecule has 2 rings (SSSR count). The average molecular weight is 291 g/mol. The second kappa shape index (κ2) is 7.93. The van der Waals surface area contributed by atoms with Crippen LogP contribution in [0.2, 0.25) is 0 Å². The van der Waals surface area contributed by atoms with Crippen molar-refractivity contribution < 1.29 is 4.79 Å². The van der Waals surface area contributed by atoms with Gasteiger partial charge in [-0.1, -0.05) is 24.7 Å². The summed E-state index contributed by atoms with van der Waals surface area (Å²) < 4.78 is 0. The van der Waals surface area contributed by atoms with Gasteiger partial charge in [0.1, 0.15) is 0 Å². The van der Waals surface area contributed by atoms with Gasteiger partial charge in [-0.3, -0.25) is 0 Å². The zero-order valence-corrected chi connectivity index (χ0v) is 12.5. The molecule has 0 atom stereocenters. The molecule has 0 aromatic carbocycles. The van der Waals surface area contributed by atoms with E-state index in [1.807, 2.05) is 16.3 Å². The summed E-state index contributed by atoms with van der Waals surface area (Å²) in [6, 6.07) is 2.01. The quantitative estimate of drug-likeness (QED) is 0.820. The van der Waals surface area contributed by atoms with Crippen molar-refractivity contribution in [3.63, 3.8) is 0 Å². The highest BCUT2D eigenvalue weighted by Gasteiger charge is 2.15. The second-order valence-electron chi connectivity index (χ2n) is 4.82. The van der Waals surface area contributed by atoms with Crippen molar-refractivity contribution in [2.75, 3.05) is 19.6 Å². The molecule has 1 aromatic rings. The van der Waals surface area contributed by atoms with Crippen LogP contribution in [0.1, 0.15) is 36.1 Å². The highest BCUT2D eigenvalue weighted by molar-refractivity contribution is 7.10. The summed E-state index contributed by atoms with van der Waals surface area (Å²) in [7, 11) is 0. The number of hydrogen-bond acceptors (Lipinski definition) is 3. The fourth-order valence-electron chi connectivity index (χ4n) is 2.28. The van der Waals surface area contributed by atoms with Gasteiger partial charge in [-0.15, -0.1) is 11.3 Å². The highest BCUT2D eigenvalue weighted by atomic mass is 32.1. The molecule has 0 radical (unpaired) electrons. The standard InChI is InChI=1S/C15H21N3OS/c16-8-5-6-13-7-11-20-14(13)12-17-15(19)18-9-3-1-2-4-10-18/h7,11H,1-4,8-10,12,16H2,(H,17,19). The Balaban J connectivity index is 1.88. The summed E-state index contributed by atoms with van der Waals surface area (Å²) in [5.41, 5.74) is 6.35. The van der Waals surface area contributed by atoms with Crippen LogP contribution in [0, 0.1) is 11.8 Å². The van der Waals surface area contributed by atoms with Gasteiger partial charge in [-0.05, 0) is 24.3 Å². The molecule has 5 heteroatoms. The molecule has 1 fully saturated rings. The summed E-state index contributed by atoms with van der Waals surface area (Å²) in [6.45, 7) is 2.64. The Morgan fingerprint density at radius 3 is 2.80 bits per heavy atom. The molecule has 3 N–H and O–H groups in total. The summed E-state index contributed by atoms with van der Waals surface area (Å²) in [5, 5.41) is 4.99. The Hall–Kier alpha value is -1.51. The summed E-state index contributed by atoms with van der Waals surface area (Å²) in [5.74, 6) is 5.89. The molecule has 2 heterocycles. The minimum absolute atomic E-state index is 0.0398. The molecule has 4 nitrogen and oxygen atoms in total. The van der Waals surface area contributed by atoms with Crippen molar-refractivity contribution in [2.24, 2.45) is 5.73 Å². The Labute approximate surface area is 124 Å². The van der Waals surface area contributed by atoms with Crippen molar-refractivity contribution in [1.82, 2.24) is 10.2 Å². The third-order valence-corrected chi connectivity index (χ3v) is 4.28. The van der Waals surface area contributed by atoms with E-state index < -0.39 is 0 Å². The highest BCUT2D eigenvalue weighted by Crippen LogP contribution is 2.16. The average Bonchev–Trinajstić information content (AvgIpc) is 2.73. The summed E-state index contributed by atoms with van der Waals surface area (Å²) in [4.78, 5) is 15.1. The molecule has 1 saturated heterocycles. The lowest BCUT2D eigenvalue weighted by molar-refractivity contribution is 0.199. The number of amides is 2. The fraction of sp³-hybridized carbons (Fsp3) is 0.533. The van der Waals surface area contributed by atoms with E-state index in [1.165, 1.54) is 12.8 Å². The maximum Gasteiger partial charge on any atom is 0.317 e. The first-order valence-corrected chi connectivity index (χ1v) is 7.97. The van der Waals surface area contributed by atoms with Crippen LogP contribution in [0.15, 0.2) is 11.4 Å². The summed E-state index contributed by atoms with van der Waals surface area (Å²) >= 11 is 1.62. The van der Waals surface area contributed by atoms with Gasteiger partial charge in [0.25, 0.3) is 0 Å². The van der Waals surface area contributed by atoms with Crippen molar-refractivity contribution >= 4 is 17.4 Å². The predicted octanol–water partition coefficient (Wildman–Crippen LogP) is 2.14. The van der Waals surface area contributed by atoms with E-state index >= 15 is 0 Å². The second-order valence-corrected chi connectivity index (χ2v) is 5.82. The van der Waals surface area contributed by atoms with Gasteiger partial charge in [0.2, 0.25) is 0 Å². The minimum atomic E-state index is 0.0398. The number of rotatable bonds is 2. The van der Waals surface area contributed by atoms with Crippen molar-refractivity contribution in [3.05, 3.63) is 21.9 Å². The third-order valence-electron chi connectivity index (χ3n) is 3.36. The topological polar surface area (TPSA) is 58.4 Å². The first kappa shape index (κ1) is 14.9. The smallest absolute Gasteiger partial charge is 0.317 e. The number of nitrogens with two attached hydrogens (primary N) is 1. The molecule has 1 aliphatic heterocycles. The van der Waals surface area contributed by atoms with Crippen LogP contribution < -0.4 is 11.1 Å². The molecule has 0 saturated carbocycles. The number of likely N-dealkylation sites (tertiary alicyclic amines) is 1. The van der Waals surface area contributed by atoms with E-state index in [-0.39, 0.29) is 6.03 Å². The van der Waals surface area contributed by atoms with Gasteiger partial charge in [0, 0.05) is 23.5 Å². The van der Waals surface area contributed by atoms with Gasteiger partial charge >= 0.3 is 6.03 Å². The van der Waals surface area contributed by atoms with E-state index in [9.17, 15) is 4.79 Å². The Morgan fingerprint density at radius 2 is 2.10 bits per heavy atom. The van der Waals surface area contributed by atoms with E-state index in [0.29, 0.717) is 13.1 Å². The first-order chi connectivity index (χ1) is 9.81. The molecule has 20 heavy (non-hydrogen) atoms. The number of carbonyl (C=O) groups excluding carboxylic acids is 1. The van der Waals surface area contributed by atoms with Gasteiger partial charge in [-0.25, -0.2) is 4.79 Å². The van der Waals surface area contributed by atoms with Crippen LogP contribution in [-0.2, 0) is 6.54 Å². The van der Waals surface area contributed by atoms with E-state index in [2.05, 4.69) is 17.2 Å².